The fourth-order valence-corrected chi connectivity index (χ4v) is 1.10. The van der Waals surface area contributed by atoms with Crippen molar-refractivity contribution in [1.29, 1.82) is 0 Å². The highest BCUT2D eigenvalue weighted by atomic mass is 19.1. The molecule has 0 spiro atoms. The Balaban J connectivity index is 2.69. The quantitative estimate of drug-likeness (QED) is 0.607. The SMILES string of the molecule is COc1ccc(C#CCCCN)cc1F. The molecule has 0 aromatic heterocycles. The predicted molar refractivity (Wildman–Crippen MR) is 58.1 cm³/mol. The molecular formula is C12H14FNO. The van der Waals surface area contributed by atoms with E-state index in [-0.39, 0.29) is 11.6 Å². The number of benzene rings is 1. The lowest BCUT2D eigenvalue weighted by Crippen LogP contribution is -1.96. The predicted octanol–water partition coefficient (Wildman–Crippen LogP) is 1.92. The molecule has 0 unspecified atom stereocenters. The average Bonchev–Trinajstić information content (AvgIpc) is 2.25. The molecule has 1 aromatic rings. The van der Waals surface area contributed by atoms with E-state index in [4.69, 9.17) is 10.5 Å². The summed E-state index contributed by atoms with van der Waals surface area (Å²) in [5, 5.41) is 0. The Hall–Kier alpha value is -1.53. The van der Waals surface area contributed by atoms with Gasteiger partial charge in [0, 0.05) is 12.0 Å². The van der Waals surface area contributed by atoms with Gasteiger partial charge in [0.2, 0.25) is 0 Å². The van der Waals surface area contributed by atoms with Crippen LogP contribution in [0.1, 0.15) is 18.4 Å². The Morgan fingerprint density at radius 2 is 2.27 bits per heavy atom. The van der Waals surface area contributed by atoms with Crippen molar-refractivity contribution in [3.63, 3.8) is 0 Å². The molecule has 15 heavy (non-hydrogen) atoms. The molecule has 0 saturated heterocycles. The van der Waals surface area contributed by atoms with E-state index >= 15 is 0 Å². The summed E-state index contributed by atoms with van der Waals surface area (Å²) in [7, 11) is 1.44. The zero-order valence-corrected chi connectivity index (χ0v) is 8.72. The normalized spacial score (nSPS) is 9.27. The highest BCUT2D eigenvalue weighted by Crippen LogP contribution is 2.16. The highest BCUT2D eigenvalue weighted by molar-refractivity contribution is 5.39. The van der Waals surface area contributed by atoms with Gasteiger partial charge in [0.15, 0.2) is 11.6 Å². The second-order valence-electron chi connectivity index (χ2n) is 3.04. The van der Waals surface area contributed by atoms with Crippen LogP contribution >= 0.6 is 0 Å². The summed E-state index contributed by atoms with van der Waals surface area (Å²) < 4.78 is 18.0. The van der Waals surface area contributed by atoms with Crippen molar-refractivity contribution in [1.82, 2.24) is 0 Å². The smallest absolute Gasteiger partial charge is 0.166 e. The van der Waals surface area contributed by atoms with Crippen molar-refractivity contribution in [2.45, 2.75) is 12.8 Å². The molecule has 80 valence electrons. The topological polar surface area (TPSA) is 35.2 Å². The van der Waals surface area contributed by atoms with Crippen molar-refractivity contribution in [2.24, 2.45) is 5.73 Å². The average molecular weight is 207 g/mol. The largest absolute Gasteiger partial charge is 0.494 e. The van der Waals surface area contributed by atoms with Crippen molar-refractivity contribution in [3.05, 3.63) is 29.6 Å². The minimum atomic E-state index is -0.386. The Kier molecular flexibility index (Phi) is 4.65. The van der Waals surface area contributed by atoms with Gasteiger partial charge >= 0.3 is 0 Å². The van der Waals surface area contributed by atoms with E-state index in [1.165, 1.54) is 13.2 Å². The lowest BCUT2D eigenvalue weighted by molar-refractivity contribution is 0.386. The van der Waals surface area contributed by atoms with Crippen LogP contribution in [0.2, 0.25) is 0 Å². The Morgan fingerprint density at radius 1 is 1.47 bits per heavy atom. The maximum atomic E-state index is 13.2. The maximum Gasteiger partial charge on any atom is 0.166 e. The molecule has 0 aliphatic heterocycles. The van der Waals surface area contributed by atoms with E-state index < -0.39 is 0 Å². The van der Waals surface area contributed by atoms with Crippen LogP contribution in [0.25, 0.3) is 0 Å². The van der Waals surface area contributed by atoms with Gasteiger partial charge in [-0.25, -0.2) is 4.39 Å². The third kappa shape index (κ3) is 3.61. The van der Waals surface area contributed by atoms with Crippen LogP contribution in [0.4, 0.5) is 4.39 Å². The van der Waals surface area contributed by atoms with Crippen molar-refractivity contribution in [3.8, 4) is 17.6 Å². The monoisotopic (exact) mass is 207 g/mol. The first-order valence-electron chi connectivity index (χ1n) is 4.80. The van der Waals surface area contributed by atoms with Gasteiger partial charge in [-0.3, -0.25) is 0 Å². The van der Waals surface area contributed by atoms with Gasteiger partial charge in [-0.2, -0.15) is 0 Å². The molecule has 2 nitrogen and oxygen atoms in total. The molecule has 0 aliphatic carbocycles. The van der Waals surface area contributed by atoms with E-state index in [2.05, 4.69) is 11.8 Å². The molecule has 1 rings (SSSR count). The van der Waals surface area contributed by atoms with E-state index in [9.17, 15) is 4.39 Å². The standard InChI is InChI=1S/C12H14FNO/c1-15-12-7-6-10(9-11(12)13)5-3-2-4-8-14/h6-7,9H,2,4,8,14H2,1H3. The number of unbranched alkanes of at least 4 members (excludes halogenated alkanes) is 1. The summed E-state index contributed by atoms with van der Waals surface area (Å²) in [5.41, 5.74) is 5.98. The number of ether oxygens (including phenoxy) is 1. The first-order chi connectivity index (χ1) is 7.27. The van der Waals surface area contributed by atoms with Crippen LogP contribution in [0.3, 0.4) is 0 Å². The summed E-state index contributed by atoms with van der Waals surface area (Å²) in [6, 6.07) is 4.67. The Bertz CT molecular complexity index is 379. The third-order valence-electron chi connectivity index (χ3n) is 1.89. The second-order valence-corrected chi connectivity index (χ2v) is 3.04. The minimum Gasteiger partial charge on any atom is -0.494 e. The molecule has 0 saturated carbocycles. The number of nitrogens with two attached hydrogens (primary N) is 1. The Labute approximate surface area is 89.2 Å². The fourth-order valence-electron chi connectivity index (χ4n) is 1.10. The molecule has 0 fully saturated rings. The van der Waals surface area contributed by atoms with Crippen LogP contribution in [-0.4, -0.2) is 13.7 Å². The number of methoxy groups -OCH3 is 1. The van der Waals surface area contributed by atoms with Crippen LogP contribution in [0, 0.1) is 17.7 Å². The van der Waals surface area contributed by atoms with Gasteiger partial charge in [0.1, 0.15) is 0 Å². The van der Waals surface area contributed by atoms with E-state index in [0.717, 1.165) is 12.8 Å². The van der Waals surface area contributed by atoms with Crippen LogP contribution in [0.5, 0.6) is 5.75 Å². The first kappa shape index (κ1) is 11.5. The summed E-state index contributed by atoms with van der Waals surface area (Å²) in [6.07, 6.45) is 1.61. The second kappa shape index (κ2) is 6.05. The zero-order chi connectivity index (χ0) is 11.1. The van der Waals surface area contributed by atoms with Gasteiger partial charge in [-0.05, 0) is 31.2 Å². The van der Waals surface area contributed by atoms with Crippen LogP contribution < -0.4 is 10.5 Å². The fraction of sp³-hybridized carbons (Fsp3) is 0.333. The summed E-state index contributed by atoms with van der Waals surface area (Å²) >= 11 is 0. The maximum absolute atomic E-state index is 13.2. The zero-order valence-electron chi connectivity index (χ0n) is 8.72. The summed E-state index contributed by atoms with van der Waals surface area (Å²) in [6.45, 7) is 0.631. The minimum absolute atomic E-state index is 0.238. The Morgan fingerprint density at radius 3 is 2.87 bits per heavy atom. The van der Waals surface area contributed by atoms with Crippen LogP contribution in [-0.2, 0) is 0 Å². The van der Waals surface area contributed by atoms with Gasteiger partial charge in [-0.15, -0.1) is 0 Å². The number of halogens is 1. The van der Waals surface area contributed by atoms with E-state index in [1.54, 1.807) is 12.1 Å². The molecule has 1 aromatic carbocycles. The molecule has 3 heteroatoms. The number of hydrogen-bond acceptors (Lipinski definition) is 2. The molecule has 0 radical (unpaired) electrons. The summed E-state index contributed by atoms with van der Waals surface area (Å²) in [5.74, 6) is 5.65. The van der Waals surface area contributed by atoms with Crippen molar-refractivity contribution >= 4 is 0 Å². The number of rotatable bonds is 3. The van der Waals surface area contributed by atoms with E-state index in [0.29, 0.717) is 12.1 Å². The molecule has 2 N–H and O–H groups in total. The molecule has 0 aliphatic rings. The number of hydrogen-bond donors (Lipinski definition) is 1. The van der Waals surface area contributed by atoms with Gasteiger partial charge in [0.05, 0.1) is 7.11 Å². The molecule has 0 bridgehead atoms. The van der Waals surface area contributed by atoms with Gasteiger partial charge in [0.25, 0.3) is 0 Å². The third-order valence-corrected chi connectivity index (χ3v) is 1.89. The van der Waals surface area contributed by atoms with Crippen LogP contribution in [0.15, 0.2) is 18.2 Å². The molecular weight excluding hydrogens is 193 g/mol. The van der Waals surface area contributed by atoms with E-state index in [1.807, 2.05) is 0 Å². The molecule has 0 heterocycles. The highest BCUT2D eigenvalue weighted by Gasteiger charge is 2.00. The van der Waals surface area contributed by atoms with Crippen molar-refractivity contribution < 1.29 is 9.13 Å². The molecule has 0 atom stereocenters. The van der Waals surface area contributed by atoms with Gasteiger partial charge in [-0.1, -0.05) is 11.8 Å². The summed E-state index contributed by atoms with van der Waals surface area (Å²) in [4.78, 5) is 0. The first-order valence-corrected chi connectivity index (χ1v) is 4.80. The lowest BCUT2D eigenvalue weighted by Gasteiger charge is -2.00. The van der Waals surface area contributed by atoms with Crippen molar-refractivity contribution in [2.75, 3.05) is 13.7 Å². The lowest BCUT2D eigenvalue weighted by atomic mass is 10.2. The molecule has 0 amide bonds. The van der Waals surface area contributed by atoms with Gasteiger partial charge < -0.3 is 10.5 Å².